The number of anilines is 3. The fourth-order valence-electron chi connectivity index (χ4n) is 4.92. The molecule has 30 heavy (non-hydrogen) atoms. The molecule has 6 nitrogen and oxygen atoms in total. The average Bonchev–Trinajstić information content (AvgIpc) is 3.06. The van der Waals surface area contributed by atoms with Crippen molar-refractivity contribution in [3.63, 3.8) is 0 Å². The van der Waals surface area contributed by atoms with Crippen LogP contribution in [0.4, 0.5) is 17.2 Å². The predicted octanol–water partition coefficient (Wildman–Crippen LogP) is 3.15. The molecule has 1 aliphatic carbocycles. The number of hydrogen-bond acceptors (Lipinski definition) is 5. The van der Waals surface area contributed by atoms with E-state index in [1.807, 2.05) is 0 Å². The Morgan fingerprint density at radius 2 is 1.73 bits per heavy atom. The lowest BCUT2D eigenvalue weighted by molar-refractivity contribution is 0.313. The molecule has 2 aromatic heterocycles. The summed E-state index contributed by atoms with van der Waals surface area (Å²) in [5.74, 6) is 0.901. The van der Waals surface area contributed by atoms with Crippen LogP contribution in [0.25, 0.3) is 11.0 Å². The molecule has 0 bridgehead atoms. The first-order valence-corrected chi connectivity index (χ1v) is 11.1. The Bertz CT molecular complexity index is 1030. The van der Waals surface area contributed by atoms with Gasteiger partial charge in [0.05, 0.1) is 0 Å². The lowest BCUT2D eigenvalue weighted by Crippen LogP contribution is -2.44. The Morgan fingerprint density at radius 1 is 0.967 bits per heavy atom. The van der Waals surface area contributed by atoms with Crippen LogP contribution in [0, 0.1) is 0 Å². The number of hydrogen-bond donors (Lipinski definition) is 2. The van der Waals surface area contributed by atoms with E-state index in [-0.39, 0.29) is 0 Å². The van der Waals surface area contributed by atoms with Crippen LogP contribution in [0.1, 0.15) is 17.7 Å². The highest BCUT2D eigenvalue weighted by molar-refractivity contribution is 5.84. The van der Waals surface area contributed by atoms with E-state index in [0.717, 1.165) is 56.2 Å². The number of pyridine rings is 1. The molecule has 0 radical (unpaired) electrons. The van der Waals surface area contributed by atoms with Gasteiger partial charge in [0.2, 0.25) is 0 Å². The second-order valence-electron chi connectivity index (χ2n) is 8.74. The van der Waals surface area contributed by atoms with Gasteiger partial charge in [-0.25, -0.2) is 4.98 Å². The number of fused-ring (bicyclic) bond motifs is 3. The molecule has 0 amide bonds. The van der Waals surface area contributed by atoms with Crippen molar-refractivity contribution in [2.24, 2.45) is 7.05 Å². The minimum absolute atomic E-state index is 0.569. The number of nitrogens with zero attached hydrogens (tertiary/aromatic N) is 4. The minimum Gasteiger partial charge on any atom is -0.369 e. The Hall–Kier alpha value is -2.57. The topological polar surface area (TPSA) is 48.4 Å². The van der Waals surface area contributed by atoms with Crippen LogP contribution in [0.3, 0.4) is 0 Å². The van der Waals surface area contributed by atoms with E-state index in [9.17, 15) is 0 Å². The van der Waals surface area contributed by atoms with Gasteiger partial charge >= 0.3 is 0 Å². The zero-order valence-electron chi connectivity index (χ0n) is 18.3. The number of aromatic nitrogens is 2. The molecule has 3 aromatic rings. The van der Waals surface area contributed by atoms with Crippen molar-refractivity contribution in [3.8, 4) is 0 Å². The first-order chi connectivity index (χ1) is 14.6. The SMILES string of the molecule is CNC1CCc2c(c3ccc(Nc4ccc(N5CCN(C)CC5)cc4)nc3n2C)C1. The quantitative estimate of drug-likeness (QED) is 0.700. The molecule has 1 saturated heterocycles. The zero-order valence-corrected chi connectivity index (χ0v) is 18.3. The van der Waals surface area contributed by atoms with Gasteiger partial charge in [0.1, 0.15) is 11.5 Å². The molecule has 6 heteroatoms. The van der Waals surface area contributed by atoms with E-state index in [2.05, 4.69) is 82.5 Å². The molecule has 1 aliphatic heterocycles. The molecule has 1 unspecified atom stereocenters. The third-order valence-corrected chi connectivity index (χ3v) is 6.87. The number of likely N-dealkylation sites (N-methyl/N-ethyl adjacent to an activating group) is 2. The van der Waals surface area contributed by atoms with Gasteiger partial charge in [-0.1, -0.05) is 0 Å². The lowest BCUT2D eigenvalue weighted by Gasteiger charge is -2.34. The molecule has 0 spiro atoms. The highest BCUT2D eigenvalue weighted by Gasteiger charge is 2.24. The van der Waals surface area contributed by atoms with Crippen LogP contribution in [0.5, 0.6) is 0 Å². The Labute approximate surface area is 178 Å². The van der Waals surface area contributed by atoms with Gasteiger partial charge in [-0.15, -0.1) is 0 Å². The summed E-state index contributed by atoms with van der Waals surface area (Å²) in [6, 6.07) is 13.7. The summed E-state index contributed by atoms with van der Waals surface area (Å²) in [6.45, 7) is 4.43. The summed E-state index contributed by atoms with van der Waals surface area (Å²) >= 11 is 0. The van der Waals surface area contributed by atoms with Gasteiger partial charge in [0.25, 0.3) is 0 Å². The maximum atomic E-state index is 4.96. The smallest absolute Gasteiger partial charge is 0.142 e. The maximum Gasteiger partial charge on any atom is 0.142 e. The van der Waals surface area contributed by atoms with Crippen molar-refractivity contribution < 1.29 is 0 Å². The van der Waals surface area contributed by atoms with Crippen molar-refractivity contribution in [1.29, 1.82) is 0 Å². The van der Waals surface area contributed by atoms with Crippen molar-refractivity contribution >= 4 is 28.2 Å². The Kier molecular flexibility index (Phi) is 5.13. The van der Waals surface area contributed by atoms with E-state index in [4.69, 9.17) is 4.98 Å². The van der Waals surface area contributed by atoms with E-state index in [0.29, 0.717) is 6.04 Å². The third kappa shape index (κ3) is 3.55. The Morgan fingerprint density at radius 3 is 2.47 bits per heavy atom. The molecule has 3 heterocycles. The minimum atomic E-state index is 0.569. The van der Waals surface area contributed by atoms with Crippen LogP contribution >= 0.6 is 0 Å². The molecule has 2 N–H and O–H groups in total. The number of aryl methyl sites for hydroxylation is 1. The van der Waals surface area contributed by atoms with Crippen LogP contribution < -0.4 is 15.5 Å². The summed E-state index contributed by atoms with van der Waals surface area (Å²) in [6.07, 6.45) is 3.40. The normalized spacial score (nSPS) is 19.8. The number of rotatable bonds is 4. The largest absolute Gasteiger partial charge is 0.369 e. The zero-order chi connectivity index (χ0) is 20.7. The van der Waals surface area contributed by atoms with Gasteiger partial charge in [0, 0.05) is 61.7 Å². The summed E-state index contributed by atoms with van der Waals surface area (Å²) in [7, 11) is 6.41. The van der Waals surface area contributed by atoms with Gasteiger partial charge in [-0.05, 0) is 75.3 Å². The summed E-state index contributed by atoms with van der Waals surface area (Å²) in [4.78, 5) is 9.80. The number of nitrogens with one attached hydrogen (secondary N) is 2. The third-order valence-electron chi connectivity index (χ3n) is 6.87. The second kappa shape index (κ2) is 7.93. The second-order valence-corrected chi connectivity index (χ2v) is 8.74. The van der Waals surface area contributed by atoms with Crippen molar-refractivity contribution in [3.05, 3.63) is 47.7 Å². The van der Waals surface area contributed by atoms with Crippen molar-refractivity contribution in [2.75, 3.05) is 50.5 Å². The predicted molar refractivity (Wildman–Crippen MR) is 125 cm³/mol. The van der Waals surface area contributed by atoms with Gasteiger partial charge < -0.3 is 25.0 Å². The van der Waals surface area contributed by atoms with Crippen LogP contribution in [0.2, 0.25) is 0 Å². The standard InChI is InChI=1S/C24H32N6/c1-25-18-6-10-22-21(16-18)20-9-11-23(27-24(20)29(22)3)26-17-4-7-19(8-5-17)30-14-12-28(2)13-15-30/h4-5,7-9,11,18,25H,6,10,12-16H2,1-3H3,(H,26,27). The van der Waals surface area contributed by atoms with Crippen molar-refractivity contribution in [1.82, 2.24) is 19.8 Å². The fourth-order valence-corrected chi connectivity index (χ4v) is 4.92. The summed E-state index contributed by atoms with van der Waals surface area (Å²) < 4.78 is 2.29. The monoisotopic (exact) mass is 404 g/mol. The molecule has 0 saturated carbocycles. The van der Waals surface area contributed by atoms with Crippen LogP contribution in [-0.2, 0) is 19.9 Å². The van der Waals surface area contributed by atoms with Crippen molar-refractivity contribution in [2.45, 2.75) is 25.3 Å². The molecule has 2 aliphatic rings. The highest BCUT2D eigenvalue weighted by atomic mass is 15.2. The Balaban J connectivity index is 1.35. The molecule has 5 rings (SSSR count). The maximum absolute atomic E-state index is 4.96. The van der Waals surface area contributed by atoms with E-state index < -0.39 is 0 Å². The summed E-state index contributed by atoms with van der Waals surface area (Å²) in [5.41, 5.74) is 6.36. The van der Waals surface area contributed by atoms with E-state index in [1.165, 1.54) is 28.8 Å². The molecule has 158 valence electrons. The highest BCUT2D eigenvalue weighted by Crippen LogP contribution is 2.32. The average molecular weight is 405 g/mol. The van der Waals surface area contributed by atoms with Gasteiger partial charge in [-0.3, -0.25) is 0 Å². The molecular weight excluding hydrogens is 372 g/mol. The van der Waals surface area contributed by atoms with Gasteiger partial charge in [-0.2, -0.15) is 0 Å². The molecular formula is C24H32N6. The number of piperazine rings is 1. The lowest BCUT2D eigenvalue weighted by atomic mass is 9.92. The van der Waals surface area contributed by atoms with Crippen LogP contribution in [0.15, 0.2) is 36.4 Å². The number of benzene rings is 1. The van der Waals surface area contributed by atoms with Crippen LogP contribution in [-0.4, -0.2) is 60.8 Å². The molecule has 1 atom stereocenters. The first kappa shape index (κ1) is 19.4. The van der Waals surface area contributed by atoms with E-state index in [1.54, 1.807) is 0 Å². The fraction of sp³-hybridized carbons (Fsp3) is 0.458. The molecule has 1 aromatic carbocycles. The summed E-state index contributed by atoms with van der Waals surface area (Å²) in [5, 5.41) is 8.24. The van der Waals surface area contributed by atoms with Gasteiger partial charge in [0.15, 0.2) is 0 Å². The molecule has 1 fully saturated rings. The first-order valence-electron chi connectivity index (χ1n) is 11.1. The van der Waals surface area contributed by atoms with E-state index >= 15 is 0 Å².